The van der Waals surface area contributed by atoms with Crippen molar-refractivity contribution < 1.29 is 0 Å². The van der Waals surface area contributed by atoms with Crippen molar-refractivity contribution in [3.63, 3.8) is 0 Å². The summed E-state index contributed by atoms with van der Waals surface area (Å²) in [4.78, 5) is 2.64. The smallest absolute Gasteiger partial charge is 0.0997 e. The molecule has 0 spiro atoms. The topological polar surface area (TPSA) is 32.0 Å². The highest BCUT2D eigenvalue weighted by Gasteiger charge is 2.39. The van der Waals surface area contributed by atoms with Gasteiger partial charge >= 0.3 is 0 Å². The van der Waals surface area contributed by atoms with E-state index in [2.05, 4.69) is 52.9 Å². The van der Waals surface area contributed by atoms with Crippen LogP contribution in [-0.4, -0.2) is 29.1 Å². The molecule has 1 saturated heterocycles. The lowest BCUT2D eigenvalue weighted by Crippen LogP contribution is -2.44. The van der Waals surface area contributed by atoms with Crippen molar-refractivity contribution in [2.45, 2.75) is 63.2 Å². The van der Waals surface area contributed by atoms with E-state index in [1.165, 1.54) is 68.1 Å². The Balaban J connectivity index is 1.45. The van der Waals surface area contributed by atoms with E-state index < -0.39 is 0 Å². The Kier molecular flexibility index (Phi) is 5.55. The lowest BCUT2D eigenvalue weighted by atomic mass is 9.76. The molecule has 0 atom stereocenters. The molecule has 27 heavy (non-hydrogen) atoms. The van der Waals surface area contributed by atoms with Crippen LogP contribution >= 0.6 is 0 Å². The van der Waals surface area contributed by atoms with Crippen LogP contribution < -0.4 is 0 Å². The minimum absolute atomic E-state index is 0.328. The highest BCUT2D eigenvalue weighted by atomic mass is 15.1. The van der Waals surface area contributed by atoms with Gasteiger partial charge in [0.2, 0.25) is 0 Å². The van der Waals surface area contributed by atoms with Crippen LogP contribution in [0.15, 0.2) is 30.3 Å². The van der Waals surface area contributed by atoms with Crippen LogP contribution in [0.4, 0.5) is 0 Å². The summed E-state index contributed by atoms with van der Waals surface area (Å²) < 4.78 is 2.25. The van der Waals surface area contributed by atoms with E-state index in [9.17, 15) is 5.26 Å². The lowest BCUT2D eigenvalue weighted by Gasteiger charge is -2.39. The molecule has 2 heterocycles. The molecule has 1 aliphatic heterocycles. The van der Waals surface area contributed by atoms with Crippen molar-refractivity contribution in [2.75, 3.05) is 19.6 Å². The van der Waals surface area contributed by atoms with Crippen molar-refractivity contribution >= 4 is 10.9 Å². The average Bonchev–Trinajstić information content (AvgIpc) is 3.02. The highest BCUT2D eigenvalue weighted by Crippen LogP contribution is 2.38. The molecular formula is C24H33N3. The molecule has 0 N–H and O–H groups in total. The summed E-state index contributed by atoms with van der Waals surface area (Å²) in [7, 11) is 2.12. The second kappa shape index (κ2) is 8.07. The Morgan fingerprint density at radius 3 is 2.37 bits per heavy atom. The number of para-hydroxylation sites is 1. The van der Waals surface area contributed by atoms with Crippen molar-refractivity contribution in [3.05, 3.63) is 36.0 Å². The standard InChI is InChI=1S/C24H33N3/c1-26-22-12-8-7-11-21(22)17-23(26)24(19-25)13-15-27(16-14-24)18-20-9-5-3-2-4-6-10-20/h7-8,11-12,17,20H,2-6,9-10,13-16,18H2,1H3. The molecule has 0 radical (unpaired) electrons. The van der Waals surface area contributed by atoms with Crippen molar-refractivity contribution in [1.29, 1.82) is 5.26 Å². The number of aryl methyl sites for hydroxylation is 1. The summed E-state index contributed by atoms with van der Waals surface area (Å²) in [5.74, 6) is 0.873. The molecule has 1 aliphatic carbocycles. The third-order valence-corrected chi connectivity index (χ3v) is 7.11. The Labute approximate surface area is 164 Å². The maximum absolute atomic E-state index is 10.1. The molecule has 0 bridgehead atoms. The number of nitrogens with zero attached hydrogens (tertiary/aromatic N) is 3. The van der Waals surface area contributed by atoms with Crippen LogP contribution in [0.5, 0.6) is 0 Å². The first kappa shape index (κ1) is 18.6. The van der Waals surface area contributed by atoms with Crippen LogP contribution in [0, 0.1) is 17.2 Å². The van der Waals surface area contributed by atoms with Crippen LogP contribution in [0.2, 0.25) is 0 Å². The zero-order valence-electron chi connectivity index (χ0n) is 16.8. The number of hydrogen-bond donors (Lipinski definition) is 0. The van der Waals surface area contributed by atoms with Gasteiger partial charge in [0, 0.05) is 37.9 Å². The summed E-state index contributed by atoms with van der Waals surface area (Å²) in [6, 6.07) is 13.5. The Morgan fingerprint density at radius 2 is 1.70 bits per heavy atom. The summed E-state index contributed by atoms with van der Waals surface area (Å²) in [6.45, 7) is 3.37. The first-order valence-corrected chi connectivity index (χ1v) is 10.9. The molecule has 2 fully saturated rings. The zero-order chi connectivity index (χ0) is 18.7. The van der Waals surface area contributed by atoms with E-state index in [0.717, 1.165) is 31.8 Å². The number of aromatic nitrogens is 1. The molecule has 0 unspecified atom stereocenters. The number of nitriles is 1. The van der Waals surface area contributed by atoms with Gasteiger partial charge in [0.25, 0.3) is 0 Å². The monoisotopic (exact) mass is 363 g/mol. The predicted octanol–water partition coefficient (Wildman–Crippen LogP) is 5.40. The number of likely N-dealkylation sites (tertiary alicyclic amines) is 1. The maximum atomic E-state index is 10.1. The van der Waals surface area contributed by atoms with Gasteiger partial charge in [-0.2, -0.15) is 5.26 Å². The second-order valence-electron chi connectivity index (χ2n) is 8.85. The Bertz CT molecular complexity index is 797. The second-order valence-corrected chi connectivity index (χ2v) is 8.85. The fourth-order valence-corrected chi connectivity index (χ4v) is 5.38. The molecule has 2 aromatic rings. The lowest BCUT2D eigenvalue weighted by molar-refractivity contribution is 0.148. The molecule has 1 aromatic heterocycles. The summed E-state index contributed by atoms with van der Waals surface area (Å²) in [5, 5.41) is 11.4. The largest absolute Gasteiger partial charge is 0.346 e. The summed E-state index contributed by atoms with van der Waals surface area (Å²) >= 11 is 0. The van der Waals surface area contributed by atoms with Gasteiger partial charge in [0.05, 0.1) is 11.5 Å². The minimum atomic E-state index is -0.328. The highest BCUT2D eigenvalue weighted by molar-refractivity contribution is 5.81. The van der Waals surface area contributed by atoms with Crippen LogP contribution in [0.1, 0.15) is 63.5 Å². The maximum Gasteiger partial charge on any atom is 0.0997 e. The molecule has 3 nitrogen and oxygen atoms in total. The molecule has 144 valence electrons. The first-order chi connectivity index (χ1) is 13.2. The van der Waals surface area contributed by atoms with Gasteiger partial charge in [0.15, 0.2) is 0 Å². The van der Waals surface area contributed by atoms with Crippen molar-refractivity contribution in [3.8, 4) is 6.07 Å². The molecule has 1 aromatic carbocycles. The first-order valence-electron chi connectivity index (χ1n) is 10.9. The third-order valence-electron chi connectivity index (χ3n) is 7.11. The third kappa shape index (κ3) is 3.78. The van der Waals surface area contributed by atoms with Crippen molar-refractivity contribution in [2.24, 2.45) is 13.0 Å². The molecule has 2 aliphatic rings. The van der Waals surface area contributed by atoms with Gasteiger partial charge in [-0.05, 0) is 49.1 Å². The van der Waals surface area contributed by atoms with Gasteiger partial charge in [0.1, 0.15) is 0 Å². The van der Waals surface area contributed by atoms with E-state index in [0.29, 0.717) is 0 Å². The van der Waals surface area contributed by atoms with Gasteiger partial charge in [-0.3, -0.25) is 0 Å². The zero-order valence-corrected chi connectivity index (χ0v) is 16.8. The Hall–Kier alpha value is -1.79. The van der Waals surface area contributed by atoms with Gasteiger partial charge < -0.3 is 9.47 Å². The number of piperidine rings is 1. The SMILES string of the molecule is Cn1c(C2(C#N)CCN(CC3CCCCCCC3)CC2)cc2ccccc21. The Morgan fingerprint density at radius 1 is 1.04 bits per heavy atom. The van der Waals surface area contributed by atoms with E-state index >= 15 is 0 Å². The van der Waals surface area contributed by atoms with Crippen LogP contribution in [0.25, 0.3) is 10.9 Å². The summed E-state index contributed by atoms with van der Waals surface area (Å²) in [6.07, 6.45) is 11.8. The fourth-order valence-electron chi connectivity index (χ4n) is 5.38. The van der Waals surface area contributed by atoms with Crippen LogP contribution in [0.3, 0.4) is 0 Å². The van der Waals surface area contributed by atoms with Gasteiger partial charge in [-0.25, -0.2) is 0 Å². The van der Waals surface area contributed by atoms with E-state index in [1.807, 2.05) is 0 Å². The van der Waals surface area contributed by atoms with E-state index in [4.69, 9.17) is 0 Å². The molecule has 3 heteroatoms. The number of benzene rings is 1. The predicted molar refractivity (Wildman–Crippen MR) is 112 cm³/mol. The fraction of sp³-hybridized carbons (Fsp3) is 0.625. The van der Waals surface area contributed by atoms with Gasteiger partial charge in [-0.1, -0.05) is 50.3 Å². The molecule has 1 saturated carbocycles. The molecule has 4 rings (SSSR count). The molecular weight excluding hydrogens is 330 g/mol. The minimum Gasteiger partial charge on any atom is -0.346 e. The number of fused-ring (bicyclic) bond motifs is 1. The quantitative estimate of drug-likeness (QED) is 0.731. The van der Waals surface area contributed by atoms with E-state index in [-0.39, 0.29) is 5.41 Å². The number of rotatable bonds is 3. The normalized spacial score (nSPS) is 22.2. The average molecular weight is 364 g/mol. The summed E-state index contributed by atoms with van der Waals surface area (Å²) in [5.41, 5.74) is 2.11. The van der Waals surface area contributed by atoms with Crippen LogP contribution in [-0.2, 0) is 12.5 Å². The number of hydrogen-bond acceptors (Lipinski definition) is 2. The van der Waals surface area contributed by atoms with Crippen molar-refractivity contribution in [1.82, 2.24) is 9.47 Å². The van der Waals surface area contributed by atoms with Gasteiger partial charge in [-0.15, -0.1) is 0 Å². The molecule has 0 amide bonds. The van der Waals surface area contributed by atoms with E-state index in [1.54, 1.807) is 0 Å².